The number of aliphatic hydroxyl groups is 1. The Hall–Kier alpha value is -0.810. The molecule has 2 aliphatic carbocycles. The Kier molecular flexibility index (Phi) is 5.16. The van der Waals surface area contributed by atoms with Crippen LogP contribution in [-0.4, -0.2) is 43.0 Å². The van der Waals surface area contributed by atoms with E-state index in [-0.39, 0.29) is 23.7 Å². The van der Waals surface area contributed by atoms with Crippen molar-refractivity contribution in [2.75, 3.05) is 26.3 Å². The van der Waals surface area contributed by atoms with Gasteiger partial charge in [-0.3, -0.25) is 0 Å². The van der Waals surface area contributed by atoms with Crippen molar-refractivity contribution >= 4 is 6.03 Å². The number of rotatable bonds is 6. The van der Waals surface area contributed by atoms with E-state index in [1.165, 1.54) is 25.7 Å². The highest BCUT2D eigenvalue weighted by molar-refractivity contribution is 5.73. The lowest BCUT2D eigenvalue weighted by atomic mass is 9.56. The normalized spacial score (nSPS) is 39.4. The van der Waals surface area contributed by atoms with Gasteiger partial charge in [0, 0.05) is 31.7 Å². The van der Waals surface area contributed by atoms with Crippen molar-refractivity contribution in [3.8, 4) is 0 Å². The molecular weight excluding hydrogens is 292 g/mol. The Bertz CT molecular complexity index is 420. The van der Waals surface area contributed by atoms with E-state index in [4.69, 9.17) is 4.74 Å². The van der Waals surface area contributed by atoms with Crippen molar-refractivity contribution < 1.29 is 14.6 Å². The third kappa shape index (κ3) is 3.82. The van der Waals surface area contributed by atoms with Crippen LogP contribution in [0.2, 0.25) is 0 Å². The number of ether oxygens (including phenoxy) is 1. The van der Waals surface area contributed by atoms with E-state index in [1.807, 2.05) is 0 Å². The first-order valence-electron chi connectivity index (χ1n) is 9.33. The maximum Gasteiger partial charge on any atom is 0.314 e. The standard InChI is InChI=1S/C18H32N2O3/c1-14-4-2-3-5-15(14)6-8-19-16(22)20-12-18-10-17(11-18,13-21)7-9-23-18/h14-15,21H,2-13H2,1H3,(H2,19,20,22). The highest BCUT2D eigenvalue weighted by Gasteiger charge is 2.58. The molecule has 5 heteroatoms. The summed E-state index contributed by atoms with van der Waals surface area (Å²) in [6, 6.07) is -0.0847. The number of urea groups is 1. The highest BCUT2D eigenvalue weighted by atomic mass is 16.5. The van der Waals surface area contributed by atoms with Crippen LogP contribution in [0.25, 0.3) is 0 Å². The van der Waals surface area contributed by atoms with Crippen molar-refractivity contribution in [3.63, 3.8) is 0 Å². The predicted octanol–water partition coefficient (Wildman–Crippen LogP) is 2.43. The van der Waals surface area contributed by atoms with E-state index in [2.05, 4.69) is 17.6 Å². The van der Waals surface area contributed by atoms with Crippen LogP contribution in [0.15, 0.2) is 0 Å². The molecule has 2 aliphatic heterocycles. The van der Waals surface area contributed by atoms with Crippen molar-refractivity contribution in [2.24, 2.45) is 17.3 Å². The zero-order valence-corrected chi connectivity index (χ0v) is 14.4. The summed E-state index contributed by atoms with van der Waals surface area (Å²) in [5.41, 5.74) is -0.163. The fourth-order valence-corrected chi connectivity index (χ4v) is 4.94. The van der Waals surface area contributed by atoms with Crippen LogP contribution in [0.4, 0.5) is 4.79 Å². The lowest BCUT2D eigenvalue weighted by Gasteiger charge is -2.59. The minimum Gasteiger partial charge on any atom is -0.396 e. The zero-order chi connectivity index (χ0) is 16.3. The number of aliphatic hydroxyl groups excluding tert-OH is 1. The van der Waals surface area contributed by atoms with E-state index >= 15 is 0 Å². The molecule has 132 valence electrons. The maximum absolute atomic E-state index is 12.0. The smallest absolute Gasteiger partial charge is 0.314 e. The average Bonchev–Trinajstić information content (AvgIpc) is 2.54. The Labute approximate surface area is 139 Å². The van der Waals surface area contributed by atoms with E-state index < -0.39 is 0 Å². The summed E-state index contributed by atoms with van der Waals surface area (Å²) in [6.07, 6.45) is 9.12. The van der Waals surface area contributed by atoms with Crippen molar-refractivity contribution in [2.45, 2.75) is 63.9 Å². The summed E-state index contributed by atoms with van der Waals surface area (Å²) in [4.78, 5) is 12.0. The molecule has 2 saturated heterocycles. The number of fused-ring (bicyclic) bond motifs is 2. The number of carbonyl (C=O) groups excluding carboxylic acids is 1. The number of hydrogen-bond donors (Lipinski definition) is 3. The molecule has 5 nitrogen and oxygen atoms in total. The van der Waals surface area contributed by atoms with Gasteiger partial charge in [0.05, 0.1) is 5.60 Å². The Balaban J connectivity index is 1.33. The second-order valence-electron chi connectivity index (χ2n) is 8.21. The first-order valence-corrected chi connectivity index (χ1v) is 9.33. The molecule has 0 aromatic carbocycles. The summed E-state index contributed by atoms with van der Waals surface area (Å²) in [7, 11) is 0. The third-order valence-corrected chi connectivity index (χ3v) is 6.43. The highest BCUT2D eigenvalue weighted by Crippen LogP contribution is 2.55. The Morgan fingerprint density at radius 2 is 2.04 bits per heavy atom. The molecular formula is C18H32N2O3. The summed E-state index contributed by atoms with van der Waals surface area (Å²) in [5.74, 6) is 1.56. The van der Waals surface area contributed by atoms with Gasteiger partial charge in [-0.1, -0.05) is 32.6 Å². The summed E-state index contributed by atoms with van der Waals surface area (Å²) < 4.78 is 5.87. The van der Waals surface area contributed by atoms with Crippen LogP contribution in [0.1, 0.15) is 58.3 Å². The molecule has 0 aromatic heterocycles. The van der Waals surface area contributed by atoms with Crippen LogP contribution in [0, 0.1) is 17.3 Å². The van der Waals surface area contributed by atoms with Crippen molar-refractivity contribution in [1.29, 1.82) is 0 Å². The van der Waals surface area contributed by atoms with E-state index in [9.17, 15) is 9.90 Å². The largest absolute Gasteiger partial charge is 0.396 e. The van der Waals surface area contributed by atoms with Gasteiger partial charge < -0.3 is 20.5 Å². The van der Waals surface area contributed by atoms with Crippen LogP contribution in [0.3, 0.4) is 0 Å². The number of amides is 2. The van der Waals surface area contributed by atoms with Crippen LogP contribution in [0.5, 0.6) is 0 Å². The molecule has 2 atom stereocenters. The second-order valence-corrected chi connectivity index (χ2v) is 8.21. The molecule has 0 spiro atoms. The maximum atomic E-state index is 12.0. The van der Waals surface area contributed by atoms with Crippen LogP contribution < -0.4 is 10.6 Å². The molecule has 2 saturated carbocycles. The van der Waals surface area contributed by atoms with Gasteiger partial charge in [-0.25, -0.2) is 4.79 Å². The van der Waals surface area contributed by atoms with Gasteiger partial charge in [0.1, 0.15) is 0 Å². The van der Waals surface area contributed by atoms with Gasteiger partial charge in [0.15, 0.2) is 0 Å². The first-order chi connectivity index (χ1) is 11.1. The summed E-state index contributed by atoms with van der Waals surface area (Å²) in [6.45, 7) is 4.59. The minimum atomic E-state index is -0.226. The van der Waals surface area contributed by atoms with E-state index in [0.717, 1.165) is 44.1 Å². The van der Waals surface area contributed by atoms with Gasteiger partial charge in [0.2, 0.25) is 0 Å². The molecule has 2 bridgehead atoms. The third-order valence-electron chi connectivity index (χ3n) is 6.43. The lowest BCUT2D eigenvalue weighted by Crippen LogP contribution is -2.64. The number of hydrogen-bond acceptors (Lipinski definition) is 3. The first kappa shape index (κ1) is 17.0. The summed E-state index contributed by atoms with van der Waals surface area (Å²) >= 11 is 0. The molecule has 4 aliphatic rings. The quantitative estimate of drug-likeness (QED) is 0.703. The fourth-order valence-electron chi connectivity index (χ4n) is 4.94. The molecule has 4 fully saturated rings. The van der Waals surface area contributed by atoms with E-state index in [1.54, 1.807) is 0 Å². The molecule has 3 N–H and O–H groups in total. The van der Waals surface area contributed by atoms with Gasteiger partial charge >= 0.3 is 6.03 Å². The van der Waals surface area contributed by atoms with Gasteiger partial charge in [-0.2, -0.15) is 0 Å². The molecule has 0 radical (unpaired) electrons. The monoisotopic (exact) mass is 324 g/mol. The topological polar surface area (TPSA) is 70.6 Å². The average molecular weight is 324 g/mol. The molecule has 23 heavy (non-hydrogen) atoms. The fraction of sp³-hybridized carbons (Fsp3) is 0.944. The molecule has 2 unspecified atom stereocenters. The number of carbonyl (C=O) groups is 1. The summed E-state index contributed by atoms with van der Waals surface area (Å²) in [5, 5.41) is 15.4. The molecule has 4 rings (SSSR count). The predicted molar refractivity (Wildman–Crippen MR) is 89.2 cm³/mol. The van der Waals surface area contributed by atoms with Gasteiger partial charge in [0.25, 0.3) is 0 Å². The Morgan fingerprint density at radius 1 is 1.26 bits per heavy atom. The van der Waals surface area contributed by atoms with Crippen molar-refractivity contribution in [3.05, 3.63) is 0 Å². The molecule has 2 amide bonds. The van der Waals surface area contributed by atoms with E-state index in [0.29, 0.717) is 13.2 Å². The molecule has 0 aromatic rings. The minimum absolute atomic E-state index is 0.0630. The second kappa shape index (κ2) is 6.98. The van der Waals surface area contributed by atoms with Crippen molar-refractivity contribution in [1.82, 2.24) is 10.6 Å². The van der Waals surface area contributed by atoms with Gasteiger partial charge in [-0.05, 0) is 37.5 Å². The zero-order valence-electron chi connectivity index (χ0n) is 14.4. The van der Waals surface area contributed by atoms with Gasteiger partial charge in [-0.15, -0.1) is 0 Å². The SMILES string of the molecule is CC1CCCCC1CCNC(=O)NCC12CC(CO)(CCO1)C2. The van der Waals surface area contributed by atoms with Crippen LogP contribution in [-0.2, 0) is 4.74 Å². The van der Waals surface area contributed by atoms with Crippen LogP contribution >= 0.6 is 0 Å². The number of nitrogens with one attached hydrogen (secondary N) is 2. The lowest BCUT2D eigenvalue weighted by molar-refractivity contribution is -0.232. The molecule has 2 heterocycles. The Morgan fingerprint density at radius 3 is 2.78 bits per heavy atom.